The monoisotopic (exact) mass is 457 g/mol. The number of aliphatic hydroxyl groups is 1. The first-order valence-corrected chi connectivity index (χ1v) is 10.4. The molecule has 7 nitrogen and oxygen atoms in total. The molecular formula is C23H22F3N5O2. The van der Waals surface area contributed by atoms with Crippen LogP contribution >= 0.6 is 0 Å². The van der Waals surface area contributed by atoms with Crippen molar-refractivity contribution >= 4 is 22.7 Å². The molecule has 33 heavy (non-hydrogen) atoms. The number of nitrogens with one attached hydrogen (secondary N) is 2. The number of fused-ring (bicyclic) bond motifs is 1. The van der Waals surface area contributed by atoms with Gasteiger partial charge in [0.25, 0.3) is 5.56 Å². The largest absolute Gasteiger partial charge is 0.416 e. The predicted molar refractivity (Wildman–Crippen MR) is 119 cm³/mol. The average molecular weight is 457 g/mol. The van der Waals surface area contributed by atoms with E-state index >= 15 is 0 Å². The molecule has 4 rings (SSSR count). The zero-order chi connectivity index (χ0) is 23.8. The third kappa shape index (κ3) is 4.38. The fraction of sp³-hybridized carbons (Fsp3) is 0.304. The van der Waals surface area contributed by atoms with Crippen molar-refractivity contribution in [3.63, 3.8) is 0 Å². The minimum Gasteiger partial charge on any atom is -0.393 e. The maximum atomic E-state index is 13.4. The fourth-order valence-corrected chi connectivity index (χ4v) is 4.10. The van der Waals surface area contributed by atoms with Crippen molar-refractivity contribution in [2.24, 2.45) is 0 Å². The number of halogens is 3. The summed E-state index contributed by atoms with van der Waals surface area (Å²) < 4.78 is 40.4. The van der Waals surface area contributed by atoms with E-state index in [2.05, 4.69) is 15.3 Å². The summed E-state index contributed by atoms with van der Waals surface area (Å²) in [4.78, 5) is 22.4. The minimum atomic E-state index is -4.47. The molecule has 1 aliphatic carbocycles. The first-order chi connectivity index (χ1) is 15.7. The highest BCUT2D eigenvalue weighted by atomic mass is 19.4. The lowest BCUT2D eigenvalue weighted by Gasteiger charge is -2.16. The van der Waals surface area contributed by atoms with Crippen LogP contribution in [0.1, 0.15) is 36.6 Å². The Hall–Kier alpha value is -3.53. The second-order valence-corrected chi connectivity index (χ2v) is 7.94. The van der Waals surface area contributed by atoms with Gasteiger partial charge < -0.3 is 15.8 Å². The average Bonchev–Trinajstić information content (AvgIpc) is 3.22. The number of allylic oxidation sites excluding steroid dienone is 1. The van der Waals surface area contributed by atoms with Gasteiger partial charge in [0.2, 0.25) is 0 Å². The standard InChI is InChI=1S/C23H22F3N5O2/c1-28-11-14(10-27)20-21-18(22(33)31(12-29-21)16-6-7-17(32)8-16)9-19(30-20)13-2-4-15(5-3-13)23(24,25)26/h2-5,9-12,16-17,27-28,32H,6-8H2,1H3/b14-11+,27-10?/t16-,17+/m1/s1. The van der Waals surface area contributed by atoms with E-state index in [1.54, 1.807) is 7.05 Å². The normalized spacial score (nSPS) is 19.1. The number of benzene rings is 1. The summed E-state index contributed by atoms with van der Waals surface area (Å²) in [5.74, 6) is 0. The molecule has 0 aliphatic heterocycles. The molecule has 2 heterocycles. The summed E-state index contributed by atoms with van der Waals surface area (Å²) in [7, 11) is 1.65. The molecule has 0 saturated heterocycles. The molecule has 0 unspecified atom stereocenters. The van der Waals surface area contributed by atoms with E-state index in [0.717, 1.165) is 18.3 Å². The summed E-state index contributed by atoms with van der Waals surface area (Å²) in [5.41, 5.74) is 0.482. The SMILES string of the molecule is CN/C=C(\C=N)c1nc(-c2ccc(C(F)(F)F)cc2)cc2c(=O)n([C@@H]3CC[C@H](O)C3)cnc12. The topological polar surface area (TPSA) is 104 Å². The van der Waals surface area contributed by atoms with Gasteiger partial charge in [-0.3, -0.25) is 9.36 Å². The molecule has 0 amide bonds. The summed E-state index contributed by atoms with van der Waals surface area (Å²) >= 11 is 0. The molecule has 3 aromatic rings. The zero-order valence-electron chi connectivity index (χ0n) is 17.7. The lowest BCUT2D eigenvalue weighted by atomic mass is 10.0. The molecule has 0 spiro atoms. The molecule has 172 valence electrons. The first-order valence-electron chi connectivity index (χ1n) is 10.4. The van der Waals surface area contributed by atoms with E-state index in [1.165, 1.54) is 35.3 Å². The van der Waals surface area contributed by atoms with Crippen molar-refractivity contribution in [3.8, 4) is 11.3 Å². The number of hydrogen-bond donors (Lipinski definition) is 3. The van der Waals surface area contributed by atoms with E-state index in [0.29, 0.717) is 30.4 Å². The van der Waals surface area contributed by atoms with Crippen LogP contribution in [-0.2, 0) is 6.18 Å². The second-order valence-electron chi connectivity index (χ2n) is 7.94. The Balaban J connectivity index is 1.93. The number of hydrogen-bond acceptors (Lipinski definition) is 6. The molecule has 0 bridgehead atoms. The third-order valence-corrected chi connectivity index (χ3v) is 5.78. The van der Waals surface area contributed by atoms with Crippen LogP contribution in [0.3, 0.4) is 0 Å². The molecule has 1 aromatic carbocycles. The van der Waals surface area contributed by atoms with Crippen LogP contribution in [0.25, 0.3) is 27.7 Å². The van der Waals surface area contributed by atoms with Crippen molar-refractivity contribution in [3.05, 3.63) is 64.5 Å². The molecule has 1 aliphatic rings. The van der Waals surface area contributed by atoms with Crippen LogP contribution in [0.2, 0.25) is 0 Å². The van der Waals surface area contributed by atoms with Gasteiger partial charge in [0, 0.05) is 36.6 Å². The maximum absolute atomic E-state index is 13.4. The number of aromatic nitrogens is 3. The van der Waals surface area contributed by atoms with Gasteiger partial charge in [-0.05, 0) is 37.5 Å². The predicted octanol–water partition coefficient (Wildman–Crippen LogP) is 3.77. The van der Waals surface area contributed by atoms with Crippen molar-refractivity contribution < 1.29 is 18.3 Å². The van der Waals surface area contributed by atoms with Crippen molar-refractivity contribution in [1.82, 2.24) is 19.9 Å². The van der Waals surface area contributed by atoms with Crippen LogP contribution in [0.15, 0.2) is 47.7 Å². The van der Waals surface area contributed by atoms with E-state index < -0.39 is 17.8 Å². The number of alkyl halides is 3. The number of rotatable bonds is 5. The van der Waals surface area contributed by atoms with E-state index in [1.807, 2.05) is 0 Å². The van der Waals surface area contributed by atoms with Crippen LogP contribution in [0, 0.1) is 5.41 Å². The van der Waals surface area contributed by atoms with Crippen LogP contribution in [-0.4, -0.2) is 39.0 Å². The van der Waals surface area contributed by atoms with Crippen LogP contribution in [0.4, 0.5) is 13.2 Å². The van der Waals surface area contributed by atoms with Crippen molar-refractivity contribution in [2.75, 3.05) is 7.05 Å². The molecule has 2 aromatic heterocycles. The van der Waals surface area contributed by atoms with E-state index in [9.17, 15) is 23.1 Å². The van der Waals surface area contributed by atoms with Gasteiger partial charge >= 0.3 is 6.18 Å². The summed E-state index contributed by atoms with van der Waals surface area (Å²) in [6.45, 7) is 0. The zero-order valence-corrected chi connectivity index (χ0v) is 17.7. The summed E-state index contributed by atoms with van der Waals surface area (Å²) in [6, 6.07) is 5.85. The van der Waals surface area contributed by atoms with Crippen LogP contribution < -0.4 is 10.9 Å². The summed E-state index contributed by atoms with van der Waals surface area (Å²) in [6.07, 6.45) is 0.768. The van der Waals surface area contributed by atoms with E-state index in [-0.39, 0.29) is 33.9 Å². The Bertz CT molecular complexity index is 1280. The number of nitrogens with zero attached hydrogens (tertiary/aromatic N) is 3. The molecular weight excluding hydrogens is 435 g/mol. The Morgan fingerprint density at radius 3 is 2.58 bits per heavy atom. The highest BCUT2D eigenvalue weighted by Gasteiger charge is 2.30. The van der Waals surface area contributed by atoms with Gasteiger partial charge in [-0.2, -0.15) is 13.2 Å². The third-order valence-electron chi connectivity index (χ3n) is 5.78. The highest BCUT2D eigenvalue weighted by molar-refractivity contribution is 6.12. The highest BCUT2D eigenvalue weighted by Crippen LogP contribution is 2.33. The van der Waals surface area contributed by atoms with Gasteiger partial charge in [-0.1, -0.05) is 12.1 Å². The lowest BCUT2D eigenvalue weighted by Crippen LogP contribution is -2.25. The van der Waals surface area contributed by atoms with Gasteiger partial charge in [0.15, 0.2) is 0 Å². The van der Waals surface area contributed by atoms with Gasteiger partial charge in [-0.25, -0.2) is 9.97 Å². The lowest BCUT2D eigenvalue weighted by molar-refractivity contribution is -0.137. The molecule has 1 fully saturated rings. The molecule has 2 atom stereocenters. The quantitative estimate of drug-likeness (QED) is 0.506. The van der Waals surface area contributed by atoms with Crippen LogP contribution in [0.5, 0.6) is 0 Å². The molecule has 1 saturated carbocycles. The van der Waals surface area contributed by atoms with E-state index in [4.69, 9.17) is 5.41 Å². The Morgan fingerprint density at radius 2 is 2.00 bits per heavy atom. The summed E-state index contributed by atoms with van der Waals surface area (Å²) in [5, 5.41) is 20.7. The molecule has 0 radical (unpaired) electrons. The van der Waals surface area contributed by atoms with Gasteiger partial charge in [0.05, 0.1) is 29.1 Å². The molecule has 10 heteroatoms. The Labute approximate surface area is 187 Å². The first kappa shape index (κ1) is 22.7. The van der Waals surface area contributed by atoms with Gasteiger partial charge in [-0.15, -0.1) is 0 Å². The minimum absolute atomic E-state index is 0.189. The van der Waals surface area contributed by atoms with Gasteiger partial charge in [0.1, 0.15) is 11.2 Å². The number of pyridine rings is 1. The Morgan fingerprint density at radius 1 is 1.27 bits per heavy atom. The second kappa shape index (κ2) is 8.78. The smallest absolute Gasteiger partial charge is 0.393 e. The number of aliphatic hydroxyl groups excluding tert-OH is 1. The Kier molecular flexibility index (Phi) is 6.03. The fourth-order valence-electron chi connectivity index (χ4n) is 4.10. The maximum Gasteiger partial charge on any atom is 0.416 e. The van der Waals surface area contributed by atoms with Crippen molar-refractivity contribution in [1.29, 1.82) is 5.41 Å². The molecule has 3 N–H and O–H groups in total. The van der Waals surface area contributed by atoms with Crippen molar-refractivity contribution in [2.45, 2.75) is 37.6 Å².